The first-order valence-corrected chi connectivity index (χ1v) is 5.11. The van der Waals surface area contributed by atoms with Gasteiger partial charge in [-0.05, 0) is 31.1 Å². The molecule has 1 heterocycles. The molecule has 1 fully saturated rings. The standard InChI is InChI=1S/C11H12F2N2O/c12-8-1-2-10(9(13)4-8)15-11(16)3-7-5-14-6-7/h1-2,4,7,14H,3,5-6H2,(H,15,16). The second-order valence-corrected chi connectivity index (χ2v) is 3.90. The van der Waals surface area contributed by atoms with Crippen LogP contribution in [0.3, 0.4) is 0 Å². The molecule has 2 N–H and O–H groups in total. The lowest BCUT2D eigenvalue weighted by Gasteiger charge is -2.26. The van der Waals surface area contributed by atoms with Gasteiger partial charge in [-0.3, -0.25) is 4.79 Å². The molecule has 0 radical (unpaired) electrons. The van der Waals surface area contributed by atoms with Crippen LogP contribution in [0.4, 0.5) is 14.5 Å². The first-order chi connectivity index (χ1) is 7.65. The molecule has 1 aromatic rings. The monoisotopic (exact) mass is 226 g/mol. The van der Waals surface area contributed by atoms with E-state index in [4.69, 9.17) is 0 Å². The van der Waals surface area contributed by atoms with Crippen molar-refractivity contribution in [1.29, 1.82) is 0 Å². The maximum atomic E-state index is 13.2. The quantitative estimate of drug-likeness (QED) is 0.820. The van der Waals surface area contributed by atoms with E-state index in [0.717, 1.165) is 25.2 Å². The van der Waals surface area contributed by atoms with Gasteiger partial charge in [-0.2, -0.15) is 0 Å². The Morgan fingerprint density at radius 1 is 1.44 bits per heavy atom. The SMILES string of the molecule is O=C(CC1CNC1)Nc1ccc(F)cc1F. The molecule has 0 aromatic heterocycles. The molecule has 86 valence electrons. The number of amides is 1. The van der Waals surface area contributed by atoms with Crippen LogP contribution in [0.25, 0.3) is 0 Å². The number of benzene rings is 1. The minimum atomic E-state index is -0.750. The summed E-state index contributed by atoms with van der Waals surface area (Å²) in [5, 5.41) is 5.47. The molecule has 0 bridgehead atoms. The zero-order valence-corrected chi connectivity index (χ0v) is 8.59. The van der Waals surface area contributed by atoms with E-state index >= 15 is 0 Å². The van der Waals surface area contributed by atoms with E-state index in [1.165, 1.54) is 6.07 Å². The molecule has 16 heavy (non-hydrogen) atoms. The van der Waals surface area contributed by atoms with Crippen molar-refractivity contribution in [3.05, 3.63) is 29.8 Å². The number of anilines is 1. The summed E-state index contributed by atoms with van der Waals surface area (Å²) < 4.78 is 25.8. The molecule has 1 aliphatic rings. The van der Waals surface area contributed by atoms with Crippen molar-refractivity contribution in [2.75, 3.05) is 18.4 Å². The molecule has 2 rings (SSSR count). The van der Waals surface area contributed by atoms with Gasteiger partial charge in [0, 0.05) is 12.5 Å². The largest absolute Gasteiger partial charge is 0.324 e. The fourth-order valence-corrected chi connectivity index (χ4v) is 1.55. The van der Waals surface area contributed by atoms with E-state index in [9.17, 15) is 13.6 Å². The van der Waals surface area contributed by atoms with Gasteiger partial charge in [-0.1, -0.05) is 0 Å². The van der Waals surface area contributed by atoms with E-state index < -0.39 is 11.6 Å². The second-order valence-electron chi connectivity index (χ2n) is 3.90. The van der Waals surface area contributed by atoms with Gasteiger partial charge in [0.1, 0.15) is 11.6 Å². The Labute approximate surface area is 91.8 Å². The number of halogens is 2. The maximum Gasteiger partial charge on any atom is 0.224 e. The normalized spacial score (nSPS) is 15.6. The number of hydrogen-bond acceptors (Lipinski definition) is 2. The molecule has 1 aromatic carbocycles. The van der Waals surface area contributed by atoms with E-state index in [1.807, 2.05) is 0 Å². The zero-order valence-electron chi connectivity index (χ0n) is 8.59. The molecule has 0 spiro atoms. The Hall–Kier alpha value is -1.49. The van der Waals surface area contributed by atoms with Gasteiger partial charge in [0.05, 0.1) is 5.69 Å². The highest BCUT2D eigenvalue weighted by Gasteiger charge is 2.20. The van der Waals surface area contributed by atoms with Crippen molar-refractivity contribution in [3.8, 4) is 0 Å². The van der Waals surface area contributed by atoms with Crippen LogP contribution in [0.15, 0.2) is 18.2 Å². The van der Waals surface area contributed by atoms with Crippen LogP contribution in [0, 0.1) is 17.6 Å². The summed E-state index contributed by atoms with van der Waals surface area (Å²) in [6, 6.07) is 3.09. The number of hydrogen-bond donors (Lipinski definition) is 2. The van der Waals surface area contributed by atoms with Crippen LogP contribution >= 0.6 is 0 Å². The second kappa shape index (κ2) is 4.57. The third-order valence-corrected chi connectivity index (χ3v) is 2.55. The Morgan fingerprint density at radius 3 is 2.75 bits per heavy atom. The molecule has 3 nitrogen and oxygen atoms in total. The van der Waals surface area contributed by atoms with Crippen molar-refractivity contribution in [2.24, 2.45) is 5.92 Å². The lowest BCUT2D eigenvalue weighted by molar-refractivity contribution is -0.117. The average Bonchev–Trinajstić information content (AvgIpc) is 2.16. The molecular weight excluding hydrogens is 214 g/mol. The fourth-order valence-electron chi connectivity index (χ4n) is 1.55. The Morgan fingerprint density at radius 2 is 2.19 bits per heavy atom. The summed E-state index contributed by atoms with van der Waals surface area (Å²) in [6.45, 7) is 1.64. The number of rotatable bonds is 3. The predicted octanol–water partition coefficient (Wildman–Crippen LogP) is 1.51. The van der Waals surface area contributed by atoms with E-state index in [-0.39, 0.29) is 11.6 Å². The number of carbonyl (C=O) groups excluding carboxylic acids is 1. The van der Waals surface area contributed by atoms with Crippen molar-refractivity contribution in [1.82, 2.24) is 5.32 Å². The van der Waals surface area contributed by atoms with Crippen molar-refractivity contribution < 1.29 is 13.6 Å². The smallest absolute Gasteiger partial charge is 0.224 e. The van der Waals surface area contributed by atoms with Crippen molar-refractivity contribution in [2.45, 2.75) is 6.42 Å². The number of carbonyl (C=O) groups is 1. The molecule has 1 amide bonds. The summed E-state index contributed by atoms with van der Waals surface area (Å²) in [6.07, 6.45) is 0.365. The van der Waals surface area contributed by atoms with E-state index in [0.29, 0.717) is 12.3 Å². The van der Waals surface area contributed by atoms with Crippen molar-refractivity contribution in [3.63, 3.8) is 0 Å². The van der Waals surface area contributed by atoms with Gasteiger partial charge in [0.25, 0.3) is 0 Å². The molecule has 0 unspecified atom stereocenters. The minimum absolute atomic E-state index is 0.0266. The summed E-state index contributed by atoms with van der Waals surface area (Å²) in [7, 11) is 0. The van der Waals surface area contributed by atoms with Crippen LogP contribution in [0.2, 0.25) is 0 Å². The van der Waals surface area contributed by atoms with Gasteiger partial charge in [0.15, 0.2) is 0 Å². The topological polar surface area (TPSA) is 41.1 Å². The zero-order chi connectivity index (χ0) is 11.5. The molecule has 1 saturated heterocycles. The van der Waals surface area contributed by atoms with E-state index in [1.54, 1.807) is 0 Å². The Kier molecular flexibility index (Phi) is 3.14. The summed E-state index contributed by atoms with van der Waals surface area (Å²) in [5.41, 5.74) is 0.0266. The maximum absolute atomic E-state index is 13.2. The van der Waals surface area contributed by atoms with Crippen LogP contribution in [0.1, 0.15) is 6.42 Å². The first-order valence-electron chi connectivity index (χ1n) is 5.11. The molecular formula is C11H12F2N2O. The van der Waals surface area contributed by atoms with Crippen LogP contribution in [0.5, 0.6) is 0 Å². The number of nitrogens with one attached hydrogen (secondary N) is 2. The summed E-state index contributed by atoms with van der Waals surface area (Å²) in [5.74, 6) is -1.32. The van der Waals surface area contributed by atoms with Gasteiger partial charge in [-0.15, -0.1) is 0 Å². The third kappa shape index (κ3) is 2.55. The fraction of sp³-hybridized carbons (Fsp3) is 0.364. The van der Waals surface area contributed by atoms with Crippen LogP contribution in [-0.4, -0.2) is 19.0 Å². The highest BCUT2D eigenvalue weighted by Crippen LogP contribution is 2.16. The first kappa shape index (κ1) is 11.0. The Bertz CT molecular complexity index is 405. The summed E-state index contributed by atoms with van der Waals surface area (Å²) in [4.78, 5) is 11.5. The molecule has 0 aliphatic carbocycles. The van der Waals surface area contributed by atoms with E-state index in [2.05, 4.69) is 10.6 Å². The Balaban J connectivity index is 1.94. The molecule has 5 heteroatoms. The summed E-state index contributed by atoms with van der Waals surface area (Å²) >= 11 is 0. The van der Waals surface area contributed by atoms with Gasteiger partial charge >= 0.3 is 0 Å². The lowest BCUT2D eigenvalue weighted by atomic mass is 9.99. The predicted molar refractivity (Wildman–Crippen MR) is 56.0 cm³/mol. The highest BCUT2D eigenvalue weighted by molar-refractivity contribution is 5.91. The van der Waals surface area contributed by atoms with Crippen LogP contribution in [-0.2, 0) is 4.79 Å². The van der Waals surface area contributed by atoms with Gasteiger partial charge in [-0.25, -0.2) is 8.78 Å². The van der Waals surface area contributed by atoms with Crippen molar-refractivity contribution >= 4 is 11.6 Å². The lowest BCUT2D eigenvalue weighted by Crippen LogP contribution is -2.43. The molecule has 0 saturated carbocycles. The molecule has 1 aliphatic heterocycles. The minimum Gasteiger partial charge on any atom is -0.324 e. The third-order valence-electron chi connectivity index (χ3n) is 2.55. The molecule has 0 atom stereocenters. The average molecular weight is 226 g/mol. The van der Waals surface area contributed by atoms with Gasteiger partial charge in [0.2, 0.25) is 5.91 Å². The van der Waals surface area contributed by atoms with Gasteiger partial charge < -0.3 is 10.6 Å². The highest BCUT2D eigenvalue weighted by atomic mass is 19.1. The van der Waals surface area contributed by atoms with Crippen LogP contribution < -0.4 is 10.6 Å².